The third-order valence-electron chi connectivity index (χ3n) is 6.40. The molecule has 4 heteroatoms. The summed E-state index contributed by atoms with van der Waals surface area (Å²) in [6.07, 6.45) is 4.25. The first kappa shape index (κ1) is 34.1. The van der Waals surface area contributed by atoms with Crippen molar-refractivity contribution in [1.82, 2.24) is 4.90 Å². The van der Waals surface area contributed by atoms with Crippen LogP contribution in [-0.2, 0) is 13.1 Å². The Hall–Kier alpha value is -3.92. The highest BCUT2D eigenvalue weighted by Crippen LogP contribution is 2.20. The Balaban J connectivity index is 0.00000191. The molecule has 2 N–H and O–H groups in total. The van der Waals surface area contributed by atoms with Gasteiger partial charge in [0.05, 0.1) is 5.70 Å². The van der Waals surface area contributed by atoms with Crippen molar-refractivity contribution < 1.29 is 0 Å². The van der Waals surface area contributed by atoms with Crippen LogP contribution in [-0.4, -0.2) is 23.1 Å². The van der Waals surface area contributed by atoms with Crippen LogP contribution in [0, 0.1) is 13.8 Å². The highest BCUT2D eigenvalue weighted by molar-refractivity contribution is 5.97. The van der Waals surface area contributed by atoms with Gasteiger partial charge >= 0.3 is 0 Å². The van der Waals surface area contributed by atoms with E-state index in [1.54, 1.807) is 0 Å². The van der Waals surface area contributed by atoms with E-state index in [-0.39, 0.29) is 0 Å². The molecule has 0 atom stereocenters. The molecule has 0 spiro atoms. The minimum Gasteiger partial charge on any atom is -0.384 e. The van der Waals surface area contributed by atoms with Gasteiger partial charge in [0.15, 0.2) is 0 Å². The smallest absolute Gasteiger partial charge is 0.125 e. The molecular formula is C36H50N4. The maximum Gasteiger partial charge on any atom is 0.125 e. The topological polar surface area (TPSA) is 54.0 Å². The number of nitrogens with zero attached hydrogens (tertiary/aromatic N) is 3. The van der Waals surface area contributed by atoms with Crippen molar-refractivity contribution in [2.24, 2.45) is 15.7 Å². The van der Waals surface area contributed by atoms with Crippen LogP contribution in [0.3, 0.4) is 0 Å². The average molecular weight is 539 g/mol. The molecule has 4 nitrogen and oxygen atoms in total. The van der Waals surface area contributed by atoms with E-state index in [1.807, 2.05) is 20.8 Å². The number of nitrogens with two attached hydrogens (primary N) is 1. The molecule has 0 aliphatic carbocycles. The Morgan fingerprint density at radius 1 is 0.875 bits per heavy atom. The number of benzene rings is 3. The van der Waals surface area contributed by atoms with E-state index in [0.29, 0.717) is 5.84 Å². The monoisotopic (exact) mass is 538 g/mol. The second-order valence-corrected chi connectivity index (χ2v) is 9.30. The SMILES string of the molecule is C/C=C(\N=C(C)N(Cc1ccc(C(N)=NCCCC)cc1)Cc1ccccc1C)c1ccc(C)cc1.C=C.CC. The molecule has 0 amide bonds. The zero-order valence-electron chi connectivity index (χ0n) is 25.9. The number of aryl methyl sites for hydroxylation is 2. The lowest BCUT2D eigenvalue weighted by atomic mass is 10.1. The number of amidine groups is 2. The minimum atomic E-state index is 0.611. The predicted octanol–water partition coefficient (Wildman–Crippen LogP) is 9.12. The van der Waals surface area contributed by atoms with Gasteiger partial charge in [-0.3, -0.25) is 4.99 Å². The number of unbranched alkanes of at least 4 members (excludes halogenated alkanes) is 1. The fourth-order valence-electron chi connectivity index (χ4n) is 3.99. The summed E-state index contributed by atoms with van der Waals surface area (Å²) < 4.78 is 0. The highest BCUT2D eigenvalue weighted by Gasteiger charge is 2.12. The molecule has 0 saturated carbocycles. The Morgan fingerprint density at radius 3 is 2.05 bits per heavy atom. The predicted molar refractivity (Wildman–Crippen MR) is 178 cm³/mol. The van der Waals surface area contributed by atoms with Crippen molar-refractivity contribution in [2.75, 3.05) is 6.54 Å². The van der Waals surface area contributed by atoms with Gasteiger partial charge in [-0.1, -0.05) is 112 Å². The Labute approximate surface area is 244 Å². The van der Waals surface area contributed by atoms with Crippen LogP contribution in [0.25, 0.3) is 5.70 Å². The minimum absolute atomic E-state index is 0.611. The van der Waals surface area contributed by atoms with Gasteiger partial charge in [0, 0.05) is 25.2 Å². The number of aliphatic imine (C=N–C) groups is 2. The summed E-state index contributed by atoms with van der Waals surface area (Å²) in [5, 5.41) is 0. The van der Waals surface area contributed by atoms with E-state index in [0.717, 1.165) is 55.1 Å². The summed E-state index contributed by atoms with van der Waals surface area (Å²) in [5.41, 5.74) is 14.3. The second kappa shape index (κ2) is 19.2. The van der Waals surface area contributed by atoms with Crippen LogP contribution < -0.4 is 5.73 Å². The molecule has 0 saturated heterocycles. The summed E-state index contributed by atoms with van der Waals surface area (Å²) >= 11 is 0. The lowest BCUT2D eigenvalue weighted by Gasteiger charge is -2.26. The average Bonchev–Trinajstić information content (AvgIpc) is 2.99. The lowest BCUT2D eigenvalue weighted by molar-refractivity contribution is 0.403. The van der Waals surface area contributed by atoms with Gasteiger partial charge in [-0.15, -0.1) is 13.2 Å². The quantitative estimate of drug-likeness (QED) is 0.121. The van der Waals surface area contributed by atoms with Crippen LogP contribution in [0.1, 0.15) is 80.8 Å². The molecule has 0 aliphatic heterocycles. The summed E-state index contributed by atoms with van der Waals surface area (Å²) in [6, 6.07) is 25.5. The van der Waals surface area contributed by atoms with Crippen molar-refractivity contribution in [1.29, 1.82) is 0 Å². The van der Waals surface area contributed by atoms with Gasteiger partial charge in [-0.05, 0) is 56.4 Å². The Morgan fingerprint density at radius 2 is 1.48 bits per heavy atom. The van der Waals surface area contributed by atoms with E-state index >= 15 is 0 Å². The van der Waals surface area contributed by atoms with Crippen molar-refractivity contribution in [3.05, 3.63) is 125 Å². The third-order valence-corrected chi connectivity index (χ3v) is 6.40. The van der Waals surface area contributed by atoms with Crippen molar-refractivity contribution in [2.45, 2.75) is 74.4 Å². The highest BCUT2D eigenvalue weighted by atomic mass is 15.2. The largest absolute Gasteiger partial charge is 0.384 e. The Kier molecular flexibility index (Phi) is 16.4. The molecular weight excluding hydrogens is 488 g/mol. The van der Waals surface area contributed by atoms with Crippen LogP contribution in [0.5, 0.6) is 0 Å². The molecule has 0 aromatic heterocycles. The van der Waals surface area contributed by atoms with Gasteiger partial charge in [0.1, 0.15) is 11.7 Å². The van der Waals surface area contributed by atoms with Crippen LogP contribution in [0.4, 0.5) is 0 Å². The van der Waals surface area contributed by atoms with Gasteiger partial charge in [0.2, 0.25) is 0 Å². The number of allylic oxidation sites excluding steroid dienone is 1. The van der Waals surface area contributed by atoms with E-state index in [9.17, 15) is 0 Å². The molecule has 3 rings (SSSR count). The van der Waals surface area contributed by atoms with E-state index in [2.05, 4.69) is 130 Å². The molecule has 0 radical (unpaired) electrons. The standard InChI is InChI=1S/C32H40N4.C2H6.C2H4/c1-6-8-21-34-32(33)29-19-15-27(16-20-29)22-36(23-30-12-10-9-11-25(30)4)26(5)35-31(7-2)28-17-13-24(3)14-18-28;2*1-2/h7,9-20H,6,8,21-23H2,1-5H3,(H2,33,34);1-2H3;1-2H2/b31-7-,35-26?;;. The van der Waals surface area contributed by atoms with E-state index in [1.165, 1.54) is 22.3 Å². The molecule has 0 aliphatic rings. The first-order valence-corrected chi connectivity index (χ1v) is 14.4. The van der Waals surface area contributed by atoms with Crippen LogP contribution in [0.15, 0.2) is 102 Å². The van der Waals surface area contributed by atoms with Crippen molar-refractivity contribution in [3.8, 4) is 0 Å². The second-order valence-electron chi connectivity index (χ2n) is 9.30. The van der Waals surface area contributed by atoms with Gasteiger partial charge in [-0.2, -0.15) is 0 Å². The maximum atomic E-state index is 6.20. The fourth-order valence-corrected chi connectivity index (χ4v) is 3.99. The number of hydrogen-bond donors (Lipinski definition) is 1. The van der Waals surface area contributed by atoms with E-state index < -0.39 is 0 Å². The molecule has 0 bridgehead atoms. The summed E-state index contributed by atoms with van der Waals surface area (Å²) in [7, 11) is 0. The fraction of sp³-hybridized carbons (Fsp3) is 0.333. The third kappa shape index (κ3) is 11.1. The molecule has 3 aromatic carbocycles. The van der Waals surface area contributed by atoms with Crippen LogP contribution in [0.2, 0.25) is 0 Å². The first-order chi connectivity index (χ1) is 19.4. The van der Waals surface area contributed by atoms with Crippen molar-refractivity contribution >= 4 is 17.4 Å². The summed E-state index contributed by atoms with van der Waals surface area (Å²) in [4.78, 5) is 11.9. The summed E-state index contributed by atoms with van der Waals surface area (Å²) in [6.45, 7) is 22.9. The number of hydrogen-bond acceptors (Lipinski definition) is 2. The van der Waals surface area contributed by atoms with Gasteiger partial charge in [0.25, 0.3) is 0 Å². The van der Waals surface area contributed by atoms with E-state index in [4.69, 9.17) is 10.7 Å². The maximum absolute atomic E-state index is 6.20. The molecule has 0 fully saturated rings. The molecule has 0 heterocycles. The first-order valence-electron chi connectivity index (χ1n) is 14.4. The molecule has 3 aromatic rings. The number of rotatable bonds is 10. The Bertz CT molecular complexity index is 1220. The van der Waals surface area contributed by atoms with Crippen LogP contribution >= 0.6 is 0 Å². The molecule has 0 unspecified atom stereocenters. The zero-order valence-corrected chi connectivity index (χ0v) is 25.9. The molecule has 214 valence electrons. The lowest BCUT2D eigenvalue weighted by Crippen LogP contribution is -2.28. The van der Waals surface area contributed by atoms with Gasteiger partial charge < -0.3 is 10.6 Å². The molecule has 40 heavy (non-hydrogen) atoms. The van der Waals surface area contributed by atoms with Crippen molar-refractivity contribution in [3.63, 3.8) is 0 Å². The summed E-state index contributed by atoms with van der Waals surface area (Å²) in [5.74, 6) is 1.59. The zero-order chi connectivity index (χ0) is 29.9. The normalized spacial score (nSPS) is 11.6. The van der Waals surface area contributed by atoms with Gasteiger partial charge in [-0.25, -0.2) is 4.99 Å².